The second-order valence-electron chi connectivity index (χ2n) is 4.25. The van der Waals surface area contributed by atoms with E-state index in [1.54, 1.807) is 7.05 Å². The van der Waals surface area contributed by atoms with Gasteiger partial charge in [-0.3, -0.25) is 14.4 Å². The molecular weight excluding hydrogens is 254 g/mol. The zero-order valence-electron chi connectivity index (χ0n) is 10.9. The fraction of sp³-hybridized carbons (Fsp3) is 0.727. The molecular formula is C11H21N3O3S. The predicted molar refractivity (Wildman–Crippen MR) is 72.5 cm³/mol. The molecule has 4 N–H and O–H groups in total. The van der Waals surface area contributed by atoms with Crippen LogP contribution in [0.4, 0.5) is 0 Å². The molecule has 0 bridgehead atoms. The van der Waals surface area contributed by atoms with Gasteiger partial charge in [-0.25, -0.2) is 0 Å². The number of carbonyl (C=O) groups is 3. The second kappa shape index (κ2) is 8.23. The van der Waals surface area contributed by atoms with Crippen molar-refractivity contribution in [3.63, 3.8) is 0 Å². The van der Waals surface area contributed by atoms with Crippen LogP contribution in [0.3, 0.4) is 0 Å². The van der Waals surface area contributed by atoms with Gasteiger partial charge in [0.2, 0.25) is 17.5 Å². The standard InChI is InChI=1S/C11H21N3O3S/c1-6(2)9(13-3)11(17)14-7(5-18)10(16)8(15)4-12/h6-7,9,13,18H,4-5,12H2,1-3H3,(H,14,17)/t7-,9-/m0/s1. The van der Waals surface area contributed by atoms with Crippen LogP contribution >= 0.6 is 12.6 Å². The summed E-state index contributed by atoms with van der Waals surface area (Å²) < 4.78 is 0. The molecule has 0 aromatic rings. The Bertz CT molecular complexity index is 321. The molecule has 0 rings (SSSR count). The largest absolute Gasteiger partial charge is 0.344 e. The Hall–Kier alpha value is -0.920. The Labute approximate surface area is 112 Å². The number of ketones is 2. The zero-order chi connectivity index (χ0) is 14.3. The zero-order valence-corrected chi connectivity index (χ0v) is 11.8. The van der Waals surface area contributed by atoms with Gasteiger partial charge in [-0.15, -0.1) is 0 Å². The average Bonchev–Trinajstić information content (AvgIpc) is 2.34. The van der Waals surface area contributed by atoms with Gasteiger partial charge < -0.3 is 16.4 Å². The van der Waals surface area contributed by atoms with Gasteiger partial charge >= 0.3 is 0 Å². The lowest BCUT2D eigenvalue weighted by molar-refractivity contribution is -0.138. The molecule has 104 valence electrons. The Morgan fingerprint density at radius 2 is 1.83 bits per heavy atom. The molecule has 0 aliphatic rings. The summed E-state index contributed by atoms with van der Waals surface area (Å²) in [6, 6.07) is -1.35. The third kappa shape index (κ3) is 4.75. The van der Waals surface area contributed by atoms with Crippen molar-refractivity contribution < 1.29 is 14.4 Å². The molecule has 18 heavy (non-hydrogen) atoms. The fourth-order valence-electron chi connectivity index (χ4n) is 1.52. The number of nitrogens with two attached hydrogens (primary N) is 1. The first kappa shape index (κ1) is 17.1. The number of nitrogens with one attached hydrogen (secondary N) is 2. The van der Waals surface area contributed by atoms with Crippen LogP contribution in [0, 0.1) is 5.92 Å². The summed E-state index contributed by atoms with van der Waals surface area (Å²) in [6.07, 6.45) is 0. The SMILES string of the molecule is CN[C@H](C(=O)N[C@@H](CS)C(=O)C(=O)CN)C(C)C. The van der Waals surface area contributed by atoms with Crippen LogP contribution in [-0.4, -0.2) is 48.9 Å². The Balaban J connectivity index is 4.68. The van der Waals surface area contributed by atoms with Gasteiger partial charge in [0, 0.05) is 5.75 Å². The highest BCUT2D eigenvalue weighted by atomic mass is 32.1. The number of likely N-dealkylation sites (N-methyl/N-ethyl adjacent to an activating group) is 1. The van der Waals surface area contributed by atoms with Gasteiger partial charge in [-0.2, -0.15) is 12.6 Å². The van der Waals surface area contributed by atoms with Gasteiger partial charge in [0.1, 0.15) is 6.04 Å². The van der Waals surface area contributed by atoms with Gasteiger partial charge in [0.25, 0.3) is 0 Å². The molecule has 0 radical (unpaired) electrons. The normalized spacial score (nSPS) is 14.1. The molecule has 0 heterocycles. The summed E-state index contributed by atoms with van der Waals surface area (Å²) in [5, 5.41) is 5.37. The summed E-state index contributed by atoms with van der Waals surface area (Å²) in [4.78, 5) is 34.7. The topological polar surface area (TPSA) is 101 Å². The number of amides is 1. The lowest BCUT2D eigenvalue weighted by Crippen LogP contribution is -2.53. The predicted octanol–water partition coefficient (Wildman–Crippen LogP) is -1.26. The van der Waals surface area contributed by atoms with Crippen LogP contribution in [0.2, 0.25) is 0 Å². The van der Waals surface area contributed by atoms with E-state index < -0.39 is 23.7 Å². The van der Waals surface area contributed by atoms with Crippen molar-refractivity contribution in [3.05, 3.63) is 0 Å². The number of Topliss-reactive ketones (excluding diaryl/α,β-unsaturated/α-hetero) is 2. The number of hydrogen-bond donors (Lipinski definition) is 4. The van der Waals surface area contributed by atoms with E-state index in [0.29, 0.717) is 0 Å². The van der Waals surface area contributed by atoms with E-state index in [9.17, 15) is 14.4 Å². The first-order valence-electron chi connectivity index (χ1n) is 5.74. The maximum absolute atomic E-state index is 11.9. The minimum Gasteiger partial charge on any atom is -0.344 e. The van der Waals surface area contributed by atoms with E-state index >= 15 is 0 Å². The molecule has 1 amide bonds. The van der Waals surface area contributed by atoms with Gasteiger partial charge in [0.15, 0.2) is 0 Å². The highest BCUT2D eigenvalue weighted by Crippen LogP contribution is 2.02. The molecule has 0 fully saturated rings. The van der Waals surface area contributed by atoms with Crippen LogP contribution in [0.1, 0.15) is 13.8 Å². The first-order chi connectivity index (χ1) is 8.38. The van der Waals surface area contributed by atoms with Crippen LogP contribution < -0.4 is 16.4 Å². The molecule has 0 saturated heterocycles. The summed E-state index contributed by atoms with van der Waals surface area (Å²) in [7, 11) is 1.66. The van der Waals surface area contributed by atoms with Gasteiger partial charge in [0.05, 0.1) is 12.6 Å². The van der Waals surface area contributed by atoms with Crippen LogP contribution in [0.15, 0.2) is 0 Å². The number of hydrogen-bond acceptors (Lipinski definition) is 6. The molecule has 0 unspecified atom stereocenters. The van der Waals surface area contributed by atoms with Crippen molar-refractivity contribution in [1.82, 2.24) is 10.6 Å². The Kier molecular flexibility index (Phi) is 7.81. The van der Waals surface area contributed by atoms with Crippen LogP contribution in [-0.2, 0) is 14.4 Å². The van der Waals surface area contributed by atoms with E-state index in [4.69, 9.17) is 5.73 Å². The third-order valence-electron chi connectivity index (χ3n) is 2.54. The summed E-state index contributed by atoms with van der Waals surface area (Å²) in [5.74, 6) is -1.62. The second-order valence-corrected chi connectivity index (χ2v) is 4.61. The summed E-state index contributed by atoms with van der Waals surface area (Å²) >= 11 is 3.96. The van der Waals surface area contributed by atoms with E-state index in [1.165, 1.54) is 0 Å². The number of carbonyl (C=O) groups excluding carboxylic acids is 3. The lowest BCUT2D eigenvalue weighted by Gasteiger charge is -2.22. The van der Waals surface area contributed by atoms with Crippen LogP contribution in [0.5, 0.6) is 0 Å². The molecule has 0 aliphatic heterocycles. The van der Waals surface area contributed by atoms with E-state index in [-0.39, 0.29) is 24.1 Å². The molecule has 6 nitrogen and oxygen atoms in total. The maximum atomic E-state index is 11.9. The van der Waals surface area contributed by atoms with Crippen molar-refractivity contribution in [3.8, 4) is 0 Å². The van der Waals surface area contributed by atoms with Crippen molar-refractivity contribution in [2.24, 2.45) is 11.7 Å². The van der Waals surface area contributed by atoms with E-state index in [0.717, 1.165) is 0 Å². The minimum atomic E-state index is -0.925. The van der Waals surface area contributed by atoms with Crippen molar-refractivity contribution in [2.75, 3.05) is 19.3 Å². The molecule has 0 aromatic carbocycles. The van der Waals surface area contributed by atoms with E-state index in [1.807, 2.05) is 13.8 Å². The summed E-state index contributed by atoms with van der Waals surface area (Å²) in [5.41, 5.74) is 5.11. The van der Waals surface area contributed by atoms with Crippen molar-refractivity contribution in [2.45, 2.75) is 25.9 Å². The third-order valence-corrected chi connectivity index (χ3v) is 2.90. The fourth-order valence-corrected chi connectivity index (χ4v) is 1.77. The molecule has 2 atom stereocenters. The first-order valence-corrected chi connectivity index (χ1v) is 6.37. The highest BCUT2D eigenvalue weighted by molar-refractivity contribution is 7.80. The van der Waals surface area contributed by atoms with Crippen LogP contribution in [0.25, 0.3) is 0 Å². The van der Waals surface area contributed by atoms with Gasteiger partial charge in [-0.05, 0) is 13.0 Å². The molecule has 0 saturated carbocycles. The monoisotopic (exact) mass is 275 g/mol. The average molecular weight is 275 g/mol. The number of rotatable bonds is 8. The number of thiol groups is 1. The van der Waals surface area contributed by atoms with Crippen molar-refractivity contribution in [1.29, 1.82) is 0 Å². The maximum Gasteiger partial charge on any atom is 0.238 e. The van der Waals surface area contributed by atoms with E-state index in [2.05, 4.69) is 23.3 Å². The Morgan fingerprint density at radius 3 is 2.17 bits per heavy atom. The highest BCUT2D eigenvalue weighted by Gasteiger charge is 2.28. The molecule has 7 heteroatoms. The lowest BCUT2D eigenvalue weighted by atomic mass is 10.0. The van der Waals surface area contributed by atoms with Gasteiger partial charge in [-0.1, -0.05) is 13.8 Å². The molecule has 0 aromatic heterocycles. The Morgan fingerprint density at radius 1 is 1.28 bits per heavy atom. The molecule has 0 aliphatic carbocycles. The summed E-state index contributed by atoms with van der Waals surface area (Å²) in [6.45, 7) is 3.39. The molecule has 0 spiro atoms. The minimum absolute atomic E-state index is 0.0604. The quantitative estimate of drug-likeness (QED) is 0.327. The smallest absolute Gasteiger partial charge is 0.238 e. The van der Waals surface area contributed by atoms with Crippen molar-refractivity contribution >= 4 is 30.1 Å².